The Morgan fingerprint density at radius 3 is 2.89 bits per heavy atom. The summed E-state index contributed by atoms with van der Waals surface area (Å²) in [5.41, 5.74) is 0.795. The standard InChI is InChI=1S/C13H17N2O3/c1-10(2)6-12(8-16)15-13(17)18-9-11-4-3-5-14-7-11/h3-5,7,10,12H,6,9H2,1-2H3,(H,15,17)/t12-/m0/s1. The summed E-state index contributed by atoms with van der Waals surface area (Å²) in [5, 5.41) is 2.46. The van der Waals surface area contributed by atoms with Crippen molar-refractivity contribution in [2.24, 2.45) is 5.92 Å². The molecule has 1 rings (SSSR count). The van der Waals surface area contributed by atoms with E-state index < -0.39 is 12.1 Å². The number of pyridine rings is 1. The van der Waals surface area contributed by atoms with Gasteiger partial charge in [0.15, 0.2) is 0 Å². The molecule has 18 heavy (non-hydrogen) atoms. The first-order valence-corrected chi connectivity index (χ1v) is 5.81. The molecule has 5 nitrogen and oxygen atoms in total. The average Bonchev–Trinajstić information content (AvgIpc) is 2.36. The van der Waals surface area contributed by atoms with Crippen LogP contribution in [0.1, 0.15) is 25.8 Å². The minimum atomic E-state index is -0.619. The first kappa shape index (κ1) is 14.2. The van der Waals surface area contributed by atoms with Gasteiger partial charge in [-0.05, 0) is 18.4 Å². The summed E-state index contributed by atoms with van der Waals surface area (Å²) in [6, 6.07) is 2.95. The van der Waals surface area contributed by atoms with Crippen LogP contribution in [0.4, 0.5) is 4.79 Å². The van der Waals surface area contributed by atoms with Crippen molar-refractivity contribution in [1.29, 1.82) is 0 Å². The second kappa shape index (κ2) is 7.42. The molecule has 5 heteroatoms. The minimum absolute atomic E-state index is 0.132. The number of carbonyl (C=O) groups is 1. The van der Waals surface area contributed by atoms with E-state index in [9.17, 15) is 9.59 Å². The Labute approximate surface area is 107 Å². The molecule has 0 aliphatic heterocycles. The van der Waals surface area contributed by atoms with Crippen molar-refractivity contribution >= 4 is 12.4 Å². The van der Waals surface area contributed by atoms with Gasteiger partial charge in [0.2, 0.25) is 6.29 Å². The predicted molar refractivity (Wildman–Crippen MR) is 66.5 cm³/mol. The maximum atomic E-state index is 11.4. The van der Waals surface area contributed by atoms with E-state index in [2.05, 4.69) is 10.3 Å². The highest BCUT2D eigenvalue weighted by atomic mass is 16.5. The summed E-state index contributed by atoms with van der Waals surface area (Å²) >= 11 is 0. The van der Waals surface area contributed by atoms with E-state index in [-0.39, 0.29) is 6.61 Å². The molecule has 0 spiro atoms. The Morgan fingerprint density at radius 1 is 1.56 bits per heavy atom. The summed E-state index contributed by atoms with van der Waals surface area (Å²) in [5.74, 6) is 0.301. The number of nitrogens with one attached hydrogen (secondary N) is 1. The zero-order valence-electron chi connectivity index (χ0n) is 10.6. The van der Waals surface area contributed by atoms with E-state index in [1.54, 1.807) is 30.8 Å². The van der Waals surface area contributed by atoms with Crippen molar-refractivity contribution in [3.63, 3.8) is 0 Å². The lowest BCUT2D eigenvalue weighted by atomic mass is 10.1. The normalized spacial score (nSPS) is 11.9. The van der Waals surface area contributed by atoms with E-state index in [1.165, 1.54) is 0 Å². The van der Waals surface area contributed by atoms with E-state index in [4.69, 9.17) is 4.74 Å². The third-order valence-corrected chi connectivity index (χ3v) is 2.23. The first-order valence-electron chi connectivity index (χ1n) is 5.81. The van der Waals surface area contributed by atoms with Crippen molar-refractivity contribution in [1.82, 2.24) is 10.3 Å². The van der Waals surface area contributed by atoms with Gasteiger partial charge in [-0.25, -0.2) is 4.79 Å². The molecule has 97 valence electrons. The second-order valence-electron chi connectivity index (χ2n) is 4.38. The maximum Gasteiger partial charge on any atom is 0.408 e. The van der Waals surface area contributed by atoms with E-state index >= 15 is 0 Å². The van der Waals surface area contributed by atoms with Gasteiger partial charge >= 0.3 is 6.09 Å². The predicted octanol–water partition coefficient (Wildman–Crippen LogP) is 1.83. The molecule has 1 N–H and O–H groups in total. The maximum absolute atomic E-state index is 11.4. The van der Waals surface area contributed by atoms with Crippen LogP contribution in [0.2, 0.25) is 0 Å². The van der Waals surface area contributed by atoms with Crippen molar-refractivity contribution in [2.75, 3.05) is 0 Å². The topological polar surface area (TPSA) is 68.3 Å². The lowest BCUT2D eigenvalue weighted by molar-refractivity contribution is 0.137. The van der Waals surface area contributed by atoms with Gasteiger partial charge in [-0.1, -0.05) is 19.9 Å². The van der Waals surface area contributed by atoms with Gasteiger partial charge in [-0.3, -0.25) is 9.78 Å². The largest absolute Gasteiger partial charge is 0.445 e. The molecule has 0 aliphatic carbocycles. The zero-order valence-corrected chi connectivity index (χ0v) is 10.6. The lowest BCUT2D eigenvalue weighted by Crippen LogP contribution is -2.37. The molecule has 1 heterocycles. The van der Waals surface area contributed by atoms with Gasteiger partial charge in [0.05, 0.1) is 6.04 Å². The van der Waals surface area contributed by atoms with Crippen LogP contribution >= 0.6 is 0 Å². The molecular weight excluding hydrogens is 232 g/mol. The number of carbonyl (C=O) groups excluding carboxylic acids is 2. The van der Waals surface area contributed by atoms with Gasteiger partial charge in [0, 0.05) is 18.0 Å². The number of hydrogen-bond donors (Lipinski definition) is 1. The summed E-state index contributed by atoms with van der Waals surface area (Å²) in [6.07, 6.45) is 4.98. The highest BCUT2D eigenvalue weighted by Crippen LogP contribution is 2.04. The molecule has 0 bridgehead atoms. The van der Waals surface area contributed by atoms with Crippen molar-refractivity contribution in [3.8, 4) is 0 Å². The Kier molecular flexibility index (Phi) is 5.84. The number of aromatic nitrogens is 1. The van der Waals surface area contributed by atoms with Gasteiger partial charge in [0.25, 0.3) is 0 Å². The van der Waals surface area contributed by atoms with Gasteiger partial charge < -0.3 is 10.1 Å². The van der Waals surface area contributed by atoms with Crippen LogP contribution in [0, 0.1) is 5.92 Å². The number of alkyl carbamates (subject to hydrolysis) is 1. The SMILES string of the molecule is CC(C)C[C@@H]([C]=O)NC(=O)OCc1cccnc1. The Morgan fingerprint density at radius 2 is 2.33 bits per heavy atom. The molecule has 0 unspecified atom stereocenters. The Bertz CT molecular complexity index is 379. The fourth-order valence-electron chi connectivity index (χ4n) is 1.42. The zero-order chi connectivity index (χ0) is 13.4. The second-order valence-corrected chi connectivity index (χ2v) is 4.38. The van der Waals surface area contributed by atoms with E-state index in [0.29, 0.717) is 12.3 Å². The number of rotatable bonds is 6. The molecule has 1 radical (unpaired) electrons. The van der Waals surface area contributed by atoms with Crippen LogP contribution < -0.4 is 5.32 Å². The van der Waals surface area contributed by atoms with Gasteiger partial charge in [0.1, 0.15) is 6.61 Å². The van der Waals surface area contributed by atoms with Crippen LogP contribution in [0.25, 0.3) is 0 Å². The summed E-state index contributed by atoms with van der Waals surface area (Å²) < 4.78 is 4.97. The molecule has 0 saturated heterocycles. The molecular formula is C13H17N2O3. The average molecular weight is 249 g/mol. The minimum Gasteiger partial charge on any atom is -0.445 e. The van der Waals surface area contributed by atoms with Crippen molar-refractivity contribution in [2.45, 2.75) is 32.9 Å². The molecule has 1 aromatic heterocycles. The highest BCUT2D eigenvalue weighted by Gasteiger charge is 2.14. The fraction of sp³-hybridized carbons (Fsp3) is 0.462. The molecule has 1 amide bonds. The van der Waals surface area contributed by atoms with Crippen LogP contribution in [0.5, 0.6) is 0 Å². The van der Waals surface area contributed by atoms with Crippen LogP contribution in [0.15, 0.2) is 24.5 Å². The van der Waals surface area contributed by atoms with E-state index in [1.807, 2.05) is 13.8 Å². The molecule has 1 aromatic rings. The van der Waals surface area contributed by atoms with Crippen molar-refractivity contribution < 1.29 is 14.3 Å². The molecule has 0 aliphatic rings. The Balaban J connectivity index is 2.34. The van der Waals surface area contributed by atoms with Crippen LogP contribution in [-0.2, 0) is 16.1 Å². The van der Waals surface area contributed by atoms with Crippen LogP contribution in [-0.4, -0.2) is 23.4 Å². The smallest absolute Gasteiger partial charge is 0.408 e. The lowest BCUT2D eigenvalue weighted by Gasteiger charge is -2.14. The number of nitrogens with zero attached hydrogens (tertiary/aromatic N) is 1. The first-order chi connectivity index (χ1) is 8.61. The fourth-order valence-corrected chi connectivity index (χ4v) is 1.42. The number of ether oxygens (including phenoxy) is 1. The number of amides is 1. The molecule has 0 fully saturated rings. The Hall–Kier alpha value is -1.91. The summed E-state index contributed by atoms with van der Waals surface area (Å²) in [4.78, 5) is 26.0. The van der Waals surface area contributed by atoms with Gasteiger partial charge in [-0.15, -0.1) is 0 Å². The molecule has 0 aromatic carbocycles. The van der Waals surface area contributed by atoms with Crippen LogP contribution in [0.3, 0.4) is 0 Å². The molecule has 1 atom stereocenters. The highest BCUT2D eigenvalue weighted by molar-refractivity contribution is 5.73. The summed E-state index contributed by atoms with van der Waals surface area (Å²) in [7, 11) is 0. The number of hydrogen-bond acceptors (Lipinski definition) is 4. The third-order valence-electron chi connectivity index (χ3n) is 2.23. The summed E-state index contributed by atoms with van der Waals surface area (Å²) in [6.45, 7) is 4.06. The van der Waals surface area contributed by atoms with E-state index in [0.717, 1.165) is 5.56 Å². The van der Waals surface area contributed by atoms with Gasteiger partial charge in [-0.2, -0.15) is 0 Å². The van der Waals surface area contributed by atoms with Crippen molar-refractivity contribution in [3.05, 3.63) is 30.1 Å². The molecule has 0 saturated carbocycles. The third kappa shape index (κ3) is 5.43. The quantitative estimate of drug-likeness (QED) is 0.835. The monoisotopic (exact) mass is 249 g/mol.